The van der Waals surface area contributed by atoms with Gasteiger partial charge in [0.25, 0.3) is 0 Å². The van der Waals surface area contributed by atoms with E-state index in [1.807, 2.05) is 26.6 Å². The summed E-state index contributed by atoms with van der Waals surface area (Å²) in [5.74, 6) is -3.94. The van der Waals surface area contributed by atoms with E-state index in [1.54, 1.807) is 0 Å². The monoisotopic (exact) mass is 352 g/mol. The van der Waals surface area contributed by atoms with Gasteiger partial charge in [0.15, 0.2) is 0 Å². The SMILES string of the molecule is C[N+](C)(C)NCCC(=O)NNC(=O)C(=O)Nc1ccccc1C(=O)O. The Bertz CT molecular complexity index is 669. The van der Waals surface area contributed by atoms with Gasteiger partial charge >= 0.3 is 17.8 Å². The normalized spacial score (nSPS) is 10.7. The summed E-state index contributed by atoms with van der Waals surface area (Å²) in [5.41, 5.74) is 6.95. The number of hydrogen-bond donors (Lipinski definition) is 5. The molecule has 0 aliphatic carbocycles. The van der Waals surface area contributed by atoms with Crippen molar-refractivity contribution in [3.05, 3.63) is 29.8 Å². The Labute approximate surface area is 144 Å². The number of hydrogen-bond acceptors (Lipinski definition) is 5. The number of carbonyl (C=O) groups excluding carboxylic acids is 3. The van der Waals surface area contributed by atoms with E-state index in [2.05, 4.69) is 16.2 Å². The maximum atomic E-state index is 11.8. The molecule has 0 atom stereocenters. The van der Waals surface area contributed by atoms with Gasteiger partial charge < -0.3 is 10.4 Å². The van der Waals surface area contributed by atoms with Crippen LogP contribution in [0.1, 0.15) is 16.8 Å². The lowest BCUT2D eigenvalue weighted by Gasteiger charge is -2.23. The second kappa shape index (κ2) is 8.76. The van der Waals surface area contributed by atoms with Gasteiger partial charge in [-0.3, -0.25) is 29.8 Å². The average Bonchev–Trinajstić information content (AvgIpc) is 2.51. The van der Waals surface area contributed by atoms with Crippen molar-refractivity contribution in [2.75, 3.05) is 33.0 Å². The molecule has 0 aliphatic heterocycles. The number of nitrogens with one attached hydrogen (secondary N) is 4. The van der Waals surface area contributed by atoms with Gasteiger partial charge in [-0.15, -0.1) is 0 Å². The fraction of sp³-hybridized carbons (Fsp3) is 0.333. The smallest absolute Gasteiger partial charge is 0.337 e. The first-order chi connectivity index (χ1) is 11.6. The molecule has 1 rings (SSSR count). The van der Waals surface area contributed by atoms with Gasteiger partial charge in [0, 0.05) is 6.42 Å². The largest absolute Gasteiger partial charge is 0.478 e. The molecular formula is C15H22N5O5+. The summed E-state index contributed by atoms with van der Waals surface area (Å²) in [7, 11) is 5.66. The van der Waals surface area contributed by atoms with E-state index in [0.717, 1.165) is 0 Å². The van der Waals surface area contributed by atoms with Gasteiger partial charge in [-0.25, -0.2) is 4.79 Å². The Morgan fingerprint density at radius 1 is 1.00 bits per heavy atom. The van der Waals surface area contributed by atoms with Crippen LogP contribution >= 0.6 is 0 Å². The molecule has 1 aromatic carbocycles. The van der Waals surface area contributed by atoms with Crippen LogP contribution in [0, 0.1) is 0 Å². The van der Waals surface area contributed by atoms with E-state index in [9.17, 15) is 19.2 Å². The Morgan fingerprint density at radius 3 is 2.24 bits per heavy atom. The number of carboxylic acid groups (broad SMARTS) is 1. The minimum atomic E-state index is -1.24. The zero-order valence-electron chi connectivity index (χ0n) is 14.3. The Hall–Kier alpha value is -2.98. The third-order valence-electron chi connectivity index (χ3n) is 2.87. The van der Waals surface area contributed by atoms with Crippen molar-refractivity contribution in [2.45, 2.75) is 6.42 Å². The zero-order chi connectivity index (χ0) is 19.0. The van der Waals surface area contributed by atoms with Crippen LogP contribution in [0.4, 0.5) is 5.69 Å². The van der Waals surface area contributed by atoms with Crippen LogP contribution in [0.5, 0.6) is 0 Å². The predicted octanol–water partition coefficient (Wildman–Crippen LogP) is -0.928. The highest BCUT2D eigenvalue weighted by Gasteiger charge is 2.18. The maximum Gasteiger partial charge on any atom is 0.337 e. The lowest BCUT2D eigenvalue weighted by Crippen LogP contribution is -2.50. The number of carboxylic acids is 1. The first kappa shape index (κ1) is 20.1. The third-order valence-corrected chi connectivity index (χ3v) is 2.87. The molecule has 0 saturated heterocycles. The first-order valence-corrected chi connectivity index (χ1v) is 7.39. The molecule has 0 heterocycles. The lowest BCUT2D eigenvalue weighted by atomic mass is 10.2. The molecule has 10 heteroatoms. The van der Waals surface area contributed by atoms with Crippen molar-refractivity contribution in [2.24, 2.45) is 0 Å². The molecule has 0 aliphatic rings. The van der Waals surface area contributed by atoms with E-state index in [1.165, 1.54) is 24.3 Å². The van der Waals surface area contributed by atoms with Gasteiger partial charge in [0.1, 0.15) is 0 Å². The van der Waals surface area contributed by atoms with Crippen LogP contribution in [-0.4, -0.2) is 61.1 Å². The van der Waals surface area contributed by atoms with Crippen LogP contribution in [0.3, 0.4) is 0 Å². The van der Waals surface area contributed by atoms with E-state index in [0.29, 0.717) is 11.1 Å². The quantitative estimate of drug-likeness (QED) is 0.255. The number of para-hydroxylation sites is 1. The summed E-state index contributed by atoms with van der Waals surface area (Å²) in [6, 6.07) is 5.65. The van der Waals surface area contributed by atoms with Crippen LogP contribution in [0.25, 0.3) is 0 Å². The van der Waals surface area contributed by atoms with Crippen molar-refractivity contribution in [1.82, 2.24) is 16.3 Å². The number of aromatic carboxylic acids is 1. The number of nitrogens with zero attached hydrogens (tertiary/aromatic N) is 1. The minimum absolute atomic E-state index is 0.0198. The number of rotatable bonds is 6. The van der Waals surface area contributed by atoms with Gasteiger partial charge in [-0.2, -0.15) is 5.43 Å². The van der Waals surface area contributed by atoms with Crippen molar-refractivity contribution in [3.63, 3.8) is 0 Å². The van der Waals surface area contributed by atoms with Crippen LogP contribution < -0.4 is 21.6 Å². The maximum absolute atomic E-state index is 11.8. The highest BCUT2D eigenvalue weighted by Crippen LogP contribution is 2.14. The molecule has 136 valence electrons. The average molecular weight is 352 g/mol. The summed E-state index contributed by atoms with van der Waals surface area (Å²) in [6.07, 6.45) is 0.0965. The number of anilines is 1. The molecule has 3 amide bonds. The fourth-order valence-electron chi connectivity index (χ4n) is 1.71. The van der Waals surface area contributed by atoms with Gasteiger partial charge in [0.2, 0.25) is 5.91 Å². The lowest BCUT2D eigenvalue weighted by molar-refractivity contribution is -0.915. The van der Waals surface area contributed by atoms with E-state index < -0.39 is 23.7 Å². The molecule has 0 radical (unpaired) electrons. The number of carbonyl (C=O) groups is 4. The molecule has 0 aromatic heterocycles. The molecule has 0 spiro atoms. The van der Waals surface area contributed by atoms with Crippen molar-refractivity contribution in [3.8, 4) is 0 Å². The summed E-state index contributed by atoms with van der Waals surface area (Å²) in [4.78, 5) is 46.0. The Morgan fingerprint density at radius 2 is 1.64 bits per heavy atom. The first-order valence-electron chi connectivity index (χ1n) is 7.39. The van der Waals surface area contributed by atoms with Gasteiger partial charge in [-0.05, 0) is 12.1 Å². The molecule has 0 unspecified atom stereocenters. The number of hydrazine groups is 1. The minimum Gasteiger partial charge on any atom is -0.478 e. The Kier molecular flexibility index (Phi) is 7.03. The topological polar surface area (TPSA) is 137 Å². The van der Waals surface area contributed by atoms with E-state index in [-0.39, 0.29) is 17.7 Å². The summed E-state index contributed by atoms with van der Waals surface area (Å²) in [5, 5.41) is 11.2. The standard InChI is InChI=1S/C15H21N5O5/c1-20(2,3)16-9-8-12(21)18-19-14(23)13(22)17-11-7-5-4-6-10(11)15(24)25/h4-7,16H,8-9H2,1-3H3,(H3-,17,18,19,21,22,23,24,25)/p+1. The molecular weight excluding hydrogens is 330 g/mol. The molecule has 10 nitrogen and oxygen atoms in total. The van der Waals surface area contributed by atoms with Gasteiger partial charge in [0.05, 0.1) is 38.9 Å². The molecule has 25 heavy (non-hydrogen) atoms. The third kappa shape index (κ3) is 7.42. The Balaban J connectivity index is 2.46. The molecule has 0 bridgehead atoms. The number of benzene rings is 1. The summed E-state index contributed by atoms with van der Waals surface area (Å²) in [6.45, 7) is 0.378. The molecule has 0 saturated carbocycles. The highest BCUT2D eigenvalue weighted by molar-refractivity contribution is 6.40. The molecule has 0 fully saturated rings. The fourth-order valence-corrected chi connectivity index (χ4v) is 1.71. The molecule has 5 N–H and O–H groups in total. The van der Waals surface area contributed by atoms with Crippen molar-refractivity contribution in [1.29, 1.82) is 0 Å². The van der Waals surface area contributed by atoms with Crippen molar-refractivity contribution >= 4 is 29.4 Å². The number of amides is 3. The van der Waals surface area contributed by atoms with Crippen LogP contribution in [0.2, 0.25) is 0 Å². The second-order valence-corrected chi connectivity index (χ2v) is 5.98. The van der Waals surface area contributed by atoms with E-state index >= 15 is 0 Å². The zero-order valence-corrected chi connectivity index (χ0v) is 14.3. The second-order valence-electron chi connectivity index (χ2n) is 5.98. The number of quaternary nitrogens is 1. The molecule has 1 aromatic rings. The van der Waals surface area contributed by atoms with Crippen LogP contribution in [-0.2, 0) is 14.4 Å². The van der Waals surface area contributed by atoms with E-state index in [4.69, 9.17) is 5.11 Å². The summed E-state index contributed by atoms with van der Waals surface area (Å²) < 4.78 is 0.463. The highest BCUT2D eigenvalue weighted by atomic mass is 16.4. The summed E-state index contributed by atoms with van der Waals surface area (Å²) >= 11 is 0. The predicted molar refractivity (Wildman–Crippen MR) is 89.0 cm³/mol. The van der Waals surface area contributed by atoms with Crippen LogP contribution in [0.15, 0.2) is 24.3 Å². The van der Waals surface area contributed by atoms with Gasteiger partial charge in [-0.1, -0.05) is 12.1 Å². The van der Waals surface area contributed by atoms with Crippen molar-refractivity contribution < 1.29 is 28.9 Å².